The molecule has 2 heterocycles. The zero-order valence-electron chi connectivity index (χ0n) is 19.3. The summed E-state index contributed by atoms with van der Waals surface area (Å²) >= 11 is 3.48. The molecule has 168 valence electrons. The third-order valence-electron chi connectivity index (χ3n) is 6.47. The number of para-hydroxylation sites is 2. The molecule has 0 saturated carbocycles. The van der Waals surface area contributed by atoms with Crippen molar-refractivity contribution < 1.29 is 4.79 Å². The van der Waals surface area contributed by atoms with Crippen LogP contribution in [0.15, 0.2) is 77.3 Å². The third kappa shape index (κ3) is 4.34. The quantitative estimate of drug-likeness (QED) is 0.313. The van der Waals surface area contributed by atoms with Gasteiger partial charge in [-0.25, -0.2) is 4.98 Å². The molecule has 0 aliphatic carbocycles. The van der Waals surface area contributed by atoms with Gasteiger partial charge in [-0.05, 0) is 52.9 Å². The number of aromatic nitrogens is 2. The van der Waals surface area contributed by atoms with Gasteiger partial charge in [0, 0.05) is 35.6 Å². The van der Waals surface area contributed by atoms with Gasteiger partial charge in [-0.3, -0.25) is 4.79 Å². The molecule has 33 heavy (non-hydrogen) atoms. The Hall–Kier alpha value is -2.92. The van der Waals surface area contributed by atoms with Crippen LogP contribution in [-0.2, 0) is 16.8 Å². The molecule has 1 atom stereocenters. The normalized spacial score (nSPS) is 16.7. The second-order valence-corrected chi connectivity index (χ2v) is 10.8. The highest BCUT2D eigenvalue weighted by atomic mass is 79.9. The van der Waals surface area contributed by atoms with E-state index >= 15 is 0 Å². The Morgan fingerprint density at radius 3 is 2.36 bits per heavy atom. The standard InChI is InChI=1S/C28H28BrN3O/c1-28(2,3)21-10-8-19(9-11-21)17-32-25-7-5-4-6-24(25)30-27(32)20-16-26(33)31(18-20)23-14-12-22(29)13-15-23/h4-15,20H,16-18H2,1-3H3. The Morgan fingerprint density at radius 1 is 0.970 bits per heavy atom. The van der Waals surface area contributed by atoms with E-state index in [9.17, 15) is 4.79 Å². The number of halogens is 1. The number of benzene rings is 3. The van der Waals surface area contributed by atoms with E-state index < -0.39 is 0 Å². The molecule has 3 aromatic carbocycles. The van der Waals surface area contributed by atoms with Crippen molar-refractivity contribution in [3.63, 3.8) is 0 Å². The molecule has 4 nitrogen and oxygen atoms in total. The van der Waals surface area contributed by atoms with Crippen molar-refractivity contribution in [2.24, 2.45) is 0 Å². The first-order valence-corrected chi connectivity index (χ1v) is 12.2. The molecule has 1 fully saturated rings. The minimum atomic E-state index is 0.0578. The van der Waals surface area contributed by atoms with Crippen molar-refractivity contribution in [3.05, 3.63) is 94.2 Å². The van der Waals surface area contributed by atoms with E-state index in [2.05, 4.69) is 83.7 Å². The highest BCUT2D eigenvalue weighted by Gasteiger charge is 2.34. The van der Waals surface area contributed by atoms with E-state index in [0.29, 0.717) is 13.0 Å². The summed E-state index contributed by atoms with van der Waals surface area (Å²) in [6, 6.07) is 25.1. The van der Waals surface area contributed by atoms with Gasteiger partial charge < -0.3 is 9.47 Å². The Balaban J connectivity index is 1.48. The Bertz CT molecular complexity index is 1300. The summed E-state index contributed by atoms with van der Waals surface area (Å²) in [5.41, 5.74) is 5.72. The summed E-state index contributed by atoms with van der Waals surface area (Å²) < 4.78 is 3.30. The highest BCUT2D eigenvalue weighted by Crippen LogP contribution is 2.34. The molecule has 4 aromatic rings. The lowest BCUT2D eigenvalue weighted by Gasteiger charge is -2.20. The van der Waals surface area contributed by atoms with Crippen LogP contribution in [0.25, 0.3) is 11.0 Å². The second-order valence-electron chi connectivity index (χ2n) is 9.87. The van der Waals surface area contributed by atoms with Crippen LogP contribution in [0.1, 0.15) is 50.1 Å². The van der Waals surface area contributed by atoms with Crippen molar-refractivity contribution in [1.29, 1.82) is 0 Å². The molecular formula is C28H28BrN3O. The van der Waals surface area contributed by atoms with Crippen LogP contribution in [0.4, 0.5) is 5.69 Å². The fourth-order valence-electron chi connectivity index (χ4n) is 4.62. The lowest BCUT2D eigenvalue weighted by molar-refractivity contribution is -0.117. The SMILES string of the molecule is CC(C)(C)c1ccc(Cn2c(C3CC(=O)N(c4ccc(Br)cc4)C3)nc3ccccc32)cc1. The zero-order valence-corrected chi connectivity index (χ0v) is 20.8. The molecule has 0 N–H and O–H groups in total. The van der Waals surface area contributed by atoms with Gasteiger partial charge in [0.2, 0.25) is 5.91 Å². The number of amides is 1. The van der Waals surface area contributed by atoms with Crippen LogP contribution in [0, 0.1) is 0 Å². The van der Waals surface area contributed by atoms with Crippen molar-refractivity contribution in [2.75, 3.05) is 11.4 Å². The van der Waals surface area contributed by atoms with E-state index in [0.717, 1.165) is 33.6 Å². The summed E-state index contributed by atoms with van der Waals surface area (Å²) in [5, 5.41) is 0. The lowest BCUT2D eigenvalue weighted by atomic mass is 9.87. The minimum absolute atomic E-state index is 0.0578. The first kappa shape index (κ1) is 21.9. The number of rotatable bonds is 4. The summed E-state index contributed by atoms with van der Waals surface area (Å²) in [6.45, 7) is 8.09. The van der Waals surface area contributed by atoms with Gasteiger partial charge in [0.25, 0.3) is 0 Å². The Morgan fingerprint density at radius 2 is 1.67 bits per heavy atom. The summed E-state index contributed by atoms with van der Waals surface area (Å²) in [7, 11) is 0. The molecule has 1 unspecified atom stereocenters. The number of carbonyl (C=O) groups excluding carboxylic acids is 1. The molecule has 1 aliphatic rings. The average Bonchev–Trinajstić information content (AvgIpc) is 3.35. The van der Waals surface area contributed by atoms with Crippen LogP contribution < -0.4 is 4.90 Å². The minimum Gasteiger partial charge on any atom is -0.323 e. The van der Waals surface area contributed by atoms with Crippen LogP contribution in [-0.4, -0.2) is 22.0 Å². The molecule has 1 amide bonds. The first-order chi connectivity index (χ1) is 15.8. The summed E-state index contributed by atoms with van der Waals surface area (Å²) in [4.78, 5) is 19.8. The van der Waals surface area contributed by atoms with E-state index in [1.54, 1.807) is 0 Å². The smallest absolute Gasteiger partial charge is 0.227 e. The number of hydrogen-bond donors (Lipinski definition) is 0. The number of carbonyl (C=O) groups is 1. The molecule has 0 spiro atoms. The van der Waals surface area contributed by atoms with Gasteiger partial charge in [0.05, 0.1) is 11.0 Å². The maximum Gasteiger partial charge on any atom is 0.227 e. The highest BCUT2D eigenvalue weighted by molar-refractivity contribution is 9.10. The number of nitrogens with zero attached hydrogens (tertiary/aromatic N) is 3. The largest absolute Gasteiger partial charge is 0.323 e. The van der Waals surface area contributed by atoms with Gasteiger partial charge in [-0.1, -0.05) is 73.1 Å². The number of imidazole rings is 1. The van der Waals surface area contributed by atoms with Crippen molar-refractivity contribution in [2.45, 2.75) is 45.1 Å². The van der Waals surface area contributed by atoms with Crippen LogP contribution in [0.2, 0.25) is 0 Å². The fourth-order valence-corrected chi connectivity index (χ4v) is 4.88. The van der Waals surface area contributed by atoms with Gasteiger partial charge in [0.1, 0.15) is 5.82 Å². The molecule has 5 heteroatoms. The van der Waals surface area contributed by atoms with E-state index in [1.807, 2.05) is 35.2 Å². The summed E-state index contributed by atoms with van der Waals surface area (Å²) in [6.07, 6.45) is 0.475. The molecule has 1 saturated heterocycles. The number of hydrogen-bond acceptors (Lipinski definition) is 2. The van der Waals surface area contributed by atoms with Crippen LogP contribution in [0.3, 0.4) is 0 Å². The van der Waals surface area contributed by atoms with Gasteiger partial charge in [-0.15, -0.1) is 0 Å². The Kier molecular flexibility index (Phi) is 5.61. The monoisotopic (exact) mass is 501 g/mol. The van der Waals surface area contributed by atoms with Crippen LogP contribution >= 0.6 is 15.9 Å². The van der Waals surface area contributed by atoms with Crippen molar-refractivity contribution in [3.8, 4) is 0 Å². The molecule has 5 rings (SSSR count). The third-order valence-corrected chi connectivity index (χ3v) is 7.00. The fraction of sp³-hybridized carbons (Fsp3) is 0.286. The topological polar surface area (TPSA) is 38.1 Å². The molecule has 0 radical (unpaired) electrons. The maximum atomic E-state index is 12.9. The average molecular weight is 502 g/mol. The summed E-state index contributed by atoms with van der Waals surface area (Å²) in [5.74, 6) is 1.20. The molecule has 1 aliphatic heterocycles. The number of fused-ring (bicyclic) bond motifs is 1. The van der Waals surface area contributed by atoms with E-state index in [4.69, 9.17) is 4.98 Å². The molecule has 0 bridgehead atoms. The molecular weight excluding hydrogens is 474 g/mol. The predicted octanol–water partition coefficient (Wildman–Crippen LogP) is 6.67. The zero-order chi connectivity index (χ0) is 23.2. The van der Waals surface area contributed by atoms with Gasteiger partial charge in [-0.2, -0.15) is 0 Å². The maximum absolute atomic E-state index is 12.9. The van der Waals surface area contributed by atoms with E-state index in [1.165, 1.54) is 11.1 Å². The van der Waals surface area contributed by atoms with Gasteiger partial charge in [0.15, 0.2) is 0 Å². The van der Waals surface area contributed by atoms with Gasteiger partial charge >= 0.3 is 0 Å². The van der Waals surface area contributed by atoms with Crippen molar-refractivity contribution in [1.82, 2.24) is 9.55 Å². The second kappa shape index (κ2) is 8.45. The first-order valence-electron chi connectivity index (χ1n) is 11.4. The van der Waals surface area contributed by atoms with Crippen LogP contribution in [0.5, 0.6) is 0 Å². The molecule has 1 aromatic heterocycles. The Labute approximate surface area is 203 Å². The number of anilines is 1. The van der Waals surface area contributed by atoms with Crippen molar-refractivity contribution >= 4 is 38.6 Å². The van der Waals surface area contributed by atoms with E-state index in [-0.39, 0.29) is 17.2 Å². The lowest BCUT2D eigenvalue weighted by Crippen LogP contribution is -2.24. The predicted molar refractivity (Wildman–Crippen MR) is 138 cm³/mol.